The molecule has 0 bridgehead atoms. The number of rotatable bonds is 4. The van der Waals surface area contributed by atoms with Gasteiger partial charge in [0.25, 0.3) is 0 Å². The van der Waals surface area contributed by atoms with Crippen molar-refractivity contribution in [2.75, 3.05) is 0 Å². The van der Waals surface area contributed by atoms with Crippen LogP contribution >= 0.6 is 0 Å². The molecule has 2 aromatic carbocycles. The van der Waals surface area contributed by atoms with Gasteiger partial charge in [0.05, 0.1) is 11.0 Å². The molecule has 6 rings (SSSR count). The van der Waals surface area contributed by atoms with E-state index >= 15 is 0 Å². The van der Waals surface area contributed by atoms with Crippen LogP contribution in [0.15, 0.2) is 12.3 Å². The van der Waals surface area contributed by atoms with E-state index in [2.05, 4.69) is 205 Å². The Bertz CT molecular complexity index is 2390. The maximum atomic E-state index is 4.72. The minimum absolute atomic E-state index is 0.451. The Hall–Kier alpha value is -4.65. The van der Waals surface area contributed by atoms with E-state index in [-0.39, 0.29) is 0 Å². The fourth-order valence-corrected chi connectivity index (χ4v) is 8.69. The van der Waals surface area contributed by atoms with Crippen molar-refractivity contribution < 1.29 is 0 Å². The lowest BCUT2D eigenvalue weighted by Gasteiger charge is -2.21. The molecule has 7 heteroatoms. The molecule has 7 nitrogen and oxygen atoms in total. The highest BCUT2D eigenvalue weighted by atomic mass is 15.2. The molecule has 0 fully saturated rings. The lowest BCUT2D eigenvalue weighted by atomic mass is 9.85. The highest BCUT2D eigenvalue weighted by molar-refractivity contribution is 5.84. The van der Waals surface area contributed by atoms with Crippen molar-refractivity contribution in [1.29, 1.82) is 0 Å². The Morgan fingerprint density at radius 1 is 0.397 bits per heavy atom. The third-order valence-electron chi connectivity index (χ3n) is 13.2. The third kappa shape index (κ3) is 17.4. The Morgan fingerprint density at radius 3 is 1.12 bits per heavy atom. The van der Waals surface area contributed by atoms with E-state index in [1.165, 1.54) is 94.9 Å². The largest absolute Gasteiger partial charge is 0.342 e. The van der Waals surface area contributed by atoms with E-state index in [4.69, 9.17) is 4.98 Å². The normalized spacial score (nSPS) is 10.6. The quantitative estimate of drug-likeness (QED) is 0.190. The van der Waals surface area contributed by atoms with Crippen LogP contribution in [0.2, 0.25) is 0 Å². The second kappa shape index (κ2) is 28.7. The van der Waals surface area contributed by atoms with Gasteiger partial charge in [0, 0.05) is 47.6 Å². The van der Waals surface area contributed by atoms with E-state index in [0.717, 1.165) is 34.5 Å². The second-order valence-electron chi connectivity index (χ2n) is 20.6. The summed E-state index contributed by atoms with van der Waals surface area (Å²) in [6.07, 6.45) is 1.79. The molecule has 4 aromatic heterocycles. The molecule has 0 aliphatic rings. The van der Waals surface area contributed by atoms with Gasteiger partial charge >= 0.3 is 0 Å². The Balaban J connectivity index is 0.000000813. The van der Waals surface area contributed by atoms with Crippen molar-refractivity contribution in [1.82, 2.24) is 34.7 Å². The van der Waals surface area contributed by atoms with Crippen LogP contribution in [-0.4, -0.2) is 34.7 Å². The number of aromatic nitrogens is 7. The molecule has 0 saturated carbocycles. The van der Waals surface area contributed by atoms with Crippen molar-refractivity contribution >= 4 is 11.0 Å². The van der Waals surface area contributed by atoms with Crippen LogP contribution in [0.25, 0.3) is 11.0 Å². The first-order valence-corrected chi connectivity index (χ1v) is 25.5. The lowest BCUT2D eigenvalue weighted by Crippen LogP contribution is -2.04. The first-order chi connectivity index (χ1) is 31.3. The Labute approximate surface area is 418 Å². The van der Waals surface area contributed by atoms with Crippen molar-refractivity contribution in [2.45, 2.75) is 231 Å². The summed E-state index contributed by atoms with van der Waals surface area (Å²) in [5.74, 6) is 4.97. The number of aromatic amines is 1. The summed E-state index contributed by atoms with van der Waals surface area (Å²) < 4.78 is 1.83. The fourth-order valence-electron chi connectivity index (χ4n) is 8.69. The molecule has 1 N–H and O–H groups in total. The molecule has 0 aliphatic heterocycles. The van der Waals surface area contributed by atoms with E-state index in [1.54, 1.807) is 11.8 Å². The van der Waals surface area contributed by atoms with Crippen molar-refractivity contribution in [3.05, 3.63) is 130 Å². The Kier molecular flexibility index (Phi) is 26.8. The van der Waals surface area contributed by atoms with Gasteiger partial charge in [-0.2, -0.15) is 5.10 Å². The standard InChI is InChI=1S/C14H20N2.C14H22.C12H19N.C10H16N2.C5H8N2.C4H10.C2H6/c1-7(2)14-15-12-10(5)8(3)9(4)11(6)13(12)16-14;1-8(2)14-12(6)10(4)9(3)11(5)13(14)7;1-7(2)12-9(4)8(3)10(5)13-11(12)6;1-6(2)10-7(3)11-9(5)12-8(10)4;1-5-3-4-6-7(5)2;1-4(2)3;1-2/h7H,1-6H3,(H,15,16);8H,1-7H3;7H,1-6H3;6H,1-5H3;3-4H,1-2H3;4H,1-3H3;1-2H3. The highest BCUT2D eigenvalue weighted by Gasteiger charge is 2.16. The zero-order chi connectivity index (χ0) is 53.4. The molecule has 4 heterocycles. The van der Waals surface area contributed by atoms with Gasteiger partial charge in [0.2, 0.25) is 0 Å². The summed E-state index contributed by atoms with van der Waals surface area (Å²) in [4.78, 5) is 21.4. The summed E-state index contributed by atoms with van der Waals surface area (Å²) in [7, 11) is 1.93. The van der Waals surface area contributed by atoms with Crippen LogP contribution in [0.1, 0.15) is 232 Å². The van der Waals surface area contributed by atoms with Crippen LogP contribution in [0.3, 0.4) is 0 Å². The molecular formula is C61H101N7. The summed E-state index contributed by atoms with van der Waals surface area (Å²) in [5.41, 5.74) is 27.9. The molecule has 380 valence electrons. The van der Waals surface area contributed by atoms with E-state index in [0.29, 0.717) is 23.7 Å². The first-order valence-electron chi connectivity index (χ1n) is 25.5. The number of nitrogens with zero attached hydrogens (tertiary/aromatic N) is 6. The molecular weight excluding hydrogens is 831 g/mol. The summed E-state index contributed by atoms with van der Waals surface area (Å²) >= 11 is 0. The van der Waals surface area contributed by atoms with E-state index in [1.807, 2.05) is 45.5 Å². The van der Waals surface area contributed by atoms with Crippen molar-refractivity contribution in [2.24, 2.45) is 13.0 Å². The smallest absolute Gasteiger partial charge is 0.125 e. The average Bonchev–Trinajstić information content (AvgIpc) is 3.86. The summed E-state index contributed by atoms with van der Waals surface area (Å²) in [5, 5.41) is 3.93. The average molecular weight is 933 g/mol. The number of H-pyrrole nitrogens is 1. The van der Waals surface area contributed by atoms with Gasteiger partial charge in [-0.3, -0.25) is 9.67 Å². The molecule has 0 saturated heterocycles. The molecule has 0 radical (unpaired) electrons. The van der Waals surface area contributed by atoms with Crippen LogP contribution in [0.5, 0.6) is 0 Å². The molecule has 68 heavy (non-hydrogen) atoms. The zero-order valence-corrected chi connectivity index (χ0v) is 49.7. The number of fused-ring (bicyclic) bond motifs is 1. The number of hydrogen-bond donors (Lipinski definition) is 1. The topological polar surface area (TPSA) is 85.2 Å². The molecule has 0 aliphatic carbocycles. The van der Waals surface area contributed by atoms with Crippen LogP contribution in [0, 0.1) is 124 Å². The molecule has 0 atom stereocenters. The van der Waals surface area contributed by atoms with Gasteiger partial charge in [-0.1, -0.05) is 90.0 Å². The predicted octanol–water partition coefficient (Wildman–Crippen LogP) is 17.7. The van der Waals surface area contributed by atoms with Crippen LogP contribution in [-0.2, 0) is 7.05 Å². The minimum Gasteiger partial charge on any atom is -0.342 e. The number of hydrogen-bond acceptors (Lipinski definition) is 5. The van der Waals surface area contributed by atoms with E-state index < -0.39 is 0 Å². The number of aryl methyl sites for hydroxylation is 9. The monoisotopic (exact) mass is 932 g/mol. The van der Waals surface area contributed by atoms with Gasteiger partial charge in [0.1, 0.15) is 11.6 Å². The molecule has 0 spiro atoms. The van der Waals surface area contributed by atoms with E-state index in [9.17, 15) is 0 Å². The molecule has 0 unspecified atom stereocenters. The van der Waals surface area contributed by atoms with Crippen molar-refractivity contribution in [3.63, 3.8) is 0 Å². The van der Waals surface area contributed by atoms with Crippen LogP contribution in [0.4, 0.5) is 0 Å². The van der Waals surface area contributed by atoms with Gasteiger partial charge in [-0.25, -0.2) is 15.0 Å². The van der Waals surface area contributed by atoms with Gasteiger partial charge in [-0.15, -0.1) is 0 Å². The SMILES string of the molecule is CC.CC(C)C.Cc1c(C)c(C)c(C(C)C)c(C)c1C.Cc1c(C)c(C)c2[nH]c(C(C)C)nc2c1C.Cc1ccnn1C.Cc1nc(C)c(C(C)C)c(C)c1C.Cc1nc(C)c(C(C)C)c(C)n1. The summed E-state index contributed by atoms with van der Waals surface area (Å²) in [6, 6.07) is 1.97. The third-order valence-corrected chi connectivity index (χ3v) is 13.2. The van der Waals surface area contributed by atoms with Crippen LogP contribution < -0.4 is 0 Å². The lowest BCUT2D eigenvalue weighted by molar-refractivity contribution is 0.737. The number of nitrogens with one attached hydrogen (secondary N) is 1. The molecule has 6 aromatic rings. The van der Waals surface area contributed by atoms with Gasteiger partial charge in [-0.05, 0) is 225 Å². The number of imidazole rings is 1. The van der Waals surface area contributed by atoms with Gasteiger partial charge < -0.3 is 4.98 Å². The van der Waals surface area contributed by atoms with Gasteiger partial charge in [0.15, 0.2) is 0 Å². The van der Waals surface area contributed by atoms with Crippen molar-refractivity contribution in [3.8, 4) is 0 Å². The number of benzene rings is 2. The zero-order valence-electron chi connectivity index (χ0n) is 49.7. The molecule has 0 amide bonds. The first kappa shape index (κ1) is 63.4. The minimum atomic E-state index is 0.451. The number of pyridine rings is 1. The Morgan fingerprint density at radius 2 is 0.765 bits per heavy atom. The fraction of sp³-hybridized carbons (Fsp3) is 0.590. The maximum absolute atomic E-state index is 4.72. The second-order valence-corrected chi connectivity index (χ2v) is 20.6. The highest BCUT2D eigenvalue weighted by Crippen LogP contribution is 2.32. The summed E-state index contributed by atoms with van der Waals surface area (Å²) in [6.45, 7) is 64.7. The maximum Gasteiger partial charge on any atom is 0.125 e. The predicted molar refractivity (Wildman–Crippen MR) is 301 cm³/mol.